The van der Waals surface area contributed by atoms with Crippen LogP contribution in [0.3, 0.4) is 0 Å². The van der Waals surface area contributed by atoms with E-state index in [4.69, 9.17) is 21.3 Å². The van der Waals surface area contributed by atoms with Crippen LogP contribution >= 0.6 is 11.6 Å². The van der Waals surface area contributed by atoms with Crippen LogP contribution in [-0.4, -0.2) is 55.6 Å². The van der Waals surface area contributed by atoms with Crippen LogP contribution in [0, 0.1) is 5.41 Å². The van der Waals surface area contributed by atoms with Gasteiger partial charge in [-0.05, 0) is 51.0 Å². The molecule has 0 saturated carbocycles. The van der Waals surface area contributed by atoms with Crippen LogP contribution in [0.4, 0.5) is 0 Å². The molecule has 2 N–H and O–H groups in total. The predicted octanol–water partition coefficient (Wildman–Crippen LogP) is 2.67. The first-order valence-electron chi connectivity index (χ1n) is 9.72. The summed E-state index contributed by atoms with van der Waals surface area (Å²) in [4.78, 5) is 18.8. The molecule has 1 aromatic rings. The Balaban J connectivity index is 1.61. The number of nitrogens with zero attached hydrogens (tertiary/aromatic N) is 2. The summed E-state index contributed by atoms with van der Waals surface area (Å²) in [5.74, 6) is 1.87. The lowest BCUT2D eigenvalue weighted by Crippen LogP contribution is -2.51. The topological polar surface area (TPSA) is 66.0 Å². The third-order valence-corrected chi connectivity index (χ3v) is 5.39. The smallest absolute Gasteiger partial charge is 0.220 e. The number of carbonyl (C=O) groups excluding carboxylic acids is 1. The van der Waals surface area contributed by atoms with E-state index in [1.165, 1.54) is 0 Å². The summed E-state index contributed by atoms with van der Waals surface area (Å²) >= 11 is 5.92. The lowest BCUT2D eigenvalue weighted by Gasteiger charge is -2.40. The molecule has 148 valence electrons. The summed E-state index contributed by atoms with van der Waals surface area (Å²) in [7, 11) is 0. The maximum atomic E-state index is 11.7. The Kier molecular flexibility index (Phi) is 6.47. The fourth-order valence-corrected chi connectivity index (χ4v) is 3.98. The van der Waals surface area contributed by atoms with Crippen molar-refractivity contribution in [2.45, 2.75) is 39.2 Å². The van der Waals surface area contributed by atoms with E-state index in [-0.39, 0.29) is 17.4 Å². The van der Waals surface area contributed by atoms with Crippen LogP contribution in [0.5, 0.6) is 5.75 Å². The fourth-order valence-electron chi connectivity index (χ4n) is 3.85. The molecule has 0 aliphatic carbocycles. The minimum Gasteiger partial charge on any atom is -0.489 e. The number of halogens is 1. The zero-order chi connectivity index (χ0) is 19.3. The molecule has 27 heavy (non-hydrogen) atoms. The quantitative estimate of drug-likeness (QED) is 0.597. The monoisotopic (exact) mass is 392 g/mol. The molecule has 0 radical (unpaired) electrons. The van der Waals surface area contributed by atoms with E-state index in [0.717, 1.165) is 50.7 Å². The summed E-state index contributed by atoms with van der Waals surface area (Å²) in [6.45, 7) is 8.07. The van der Waals surface area contributed by atoms with Crippen molar-refractivity contribution >= 4 is 23.5 Å². The number of carbonyl (C=O) groups is 1. The highest BCUT2D eigenvalue weighted by molar-refractivity contribution is 6.30. The number of nitrogens with one attached hydrogen (secondary N) is 2. The van der Waals surface area contributed by atoms with Gasteiger partial charge in [-0.2, -0.15) is 0 Å². The minimum atomic E-state index is -0.0479. The maximum Gasteiger partial charge on any atom is 0.220 e. The number of amides is 1. The summed E-state index contributed by atoms with van der Waals surface area (Å²) < 4.78 is 5.93. The van der Waals surface area contributed by atoms with Crippen LogP contribution in [0.1, 0.15) is 33.1 Å². The van der Waals surface area contributed by atoms with Gasteiger partial charge in [0.25, 0.3) is 0 Å². The lowest BCUT2D eigenvalue weighted by atomic mass is 9.79. The molecular weight excluding hydrogens is 364 g/mol. The highest BCUT2D eigenvalue weighted by atomic mass is 35.5. The van der Waals surface area contributed by atoms with Gasteiger partial charge in [0.05, 0.1) is 6.54 Å². The van der Waals surface area contributed by atoms with Crippen molar-refractivity contribution in [2.75, 3.05) is 32.7 Å². The lowest BCUT2D eigenvalue weighted by molar-refractivity contribution is -0.119. The van der Waals surface area contributed by atoms with E-state index in [1.807, 2.05) is 31.2 Å². The Labute approximate surface area is 166 Å². The van der Waals surface area contributed by atoms with Crippen molar-refractivity contribution in [1.29, 1.82) is 0 Å². The van der Waals surface area contributed by atoms with Crippen molar-refractivity contribution in [3.05, 3.63) is 29.3 Å². The molecule has 7 heteroatoms. The molecule has 2 atom stereocenters. The Morgan fingerprint density at radius 3 is 2.89 bits per heavy atom. The van der Waals surface area contributed by atoms with E-state index >= 15 is 0 Å². The van der Waals surface area contributed by atoms with Crippen molar-refractivity contribution in [2.24, 2.45) is 10.4 Å². The number of hydrogen-bond donors (Lipinski definition) is 2. The molecule has 6 nitrogen and oxygen atoms in total. The standard InChI is InChI=1S/C20H29ClN4O2/c1-3-22-19(23-12-15(2)27-17-7-5-16(21)6-8-17)25-10-4-9-20(14-25)11-18(26)24-13-20/h5-8,15H,3-4,9-14H2,1-2H3,(H,22,23)(H,24,26). The van der Waals surface area contributed by atoms with Gasteiger partial charge >= 0.3 is 0 Å². The number of piperidine rings is 1. The number of hydrogen-bond acceptors (Lipinski definition) is 3. The first kappa shape index (κ1) is 19.8. The van der Waals surface area contributed by atoms with Crippen LogP contribution in [-0.2, 0) is 4.79 Å². The number of aliphatic imine (C=N–C) groups is 1. The normalized spacial score (nSPS) is 24.0. The third kappa shape index (κ3) is 5.28. The van der Waals surface area contributed by atoms with Gasteiger partial charge in [0, 0.05) is 43.0 Å². The van der Waals surface area contributed by atoms with E-state index in [0.29, 0.717) is 18.0 Å². The summed E-state index contributed by atoms with van der Waals surface area (Å²) in [6.07, 6.45) is 2.75. The van der Waals surface area contributed by atoms with Gasteiger partial charge in [0.1, 0.15) is 11.9 Å². The summed E-state index contributed by atoms with van der Waals surface area (Å²) in [6, 6.07) is 7.38. The third-order valence-electron chi connectivity index (χ3n) is 5.14. The van der Waals surface area contributed by atoms with Crippen molar-refractivity contribution in [3.63, 3.8) is 0 Å². The molecule has 2 aliphatic rings. The van der Waals surface area contributed by atoms with Gasteiger partial charge in [-0.1, -0.05) is 11.6 Å². The molecule has 1 amide bonds. The Morgan fingerprint density at radius 2 is 2.22 bits per heavy atom. The molecule has 3 rings (SSSR count). The molecule has 2 saturated heterocycles. The average molecular weight is 393 g/mol. The van der Waals surface area contributed by atoms with Gasteiger partial charge in [-0.15, -0.1) is 0 Å². The molecule has 1 aromatic carbocycles. The Hall–Kier alpha value is -1.95. The molecule has 2 unspecified atom stereocenters. The summed E-state index contributed by atoms with van der Waals surface area (Å²) in [5.41, 5.74) is 0.0525. The molecule has 2 aliphatic heterocycles. The largest absolute Gasteiger partial charge is 0.489 e. The van der Waals surface area contributed by atoms with E-state index in [2.05, 4.69) is 22.5 Å². The maximum absolute atomic E-state index is 11.7. The Morgan fingerprint density at radius 1 is 1.44 bits per heavy atom. The van der Waals surface area contributed by atoms with E-state index in [9.17, 15) is 4.79 Å². The second kappa shape index (κ2) is 8.83. The second-order valence-electron chi connectivity index (χ2n) is 7.56. The van der Waals surface area contributed by atoms with Gasteiger partial charge in [-0.3, -0.25) is 4.79 Å². The average Bonchev–Trinajstić information content (AvgIpc) is 3.00. The number of benzene rings is 1. The minimum absolute atomic E-state index is 0.0479. The molecular formula is C20H29ClN4O2. The van der Waals surface area contributed by atoms with Crippen molar-refractivity contribution in [3.8, 4) is 5.75 Å². The first-order valence-corrected chi connectivity index (χ1v) is 10.1. The number of rotatable bonds is 5. The van der Waals surface area contributed by atoms with Gasteiger partial charge in [0.2, 0.25) is 5.91 Å². The van der Waals surface area contributed by atoms with Crippen molar-refractivity contribution < 1.29 is 9.53 Å². The molecule has 0 aromatic heterocycles. The zero-order valence-corrected chi connectivity index (χ0v) is 16.9. The highest BCUT2D eigenvalue weighted by Crippen LogP contribution is 2.36. The predicted molar refractivity (Wildman–Crippen MR) is 108 cm³/mol. The number of likely N-dealkylation sites (tertiary alicyclic amines) is 1. The number of guanidine groups is 1. The SMILES string of the molecule is CCNC(=NCC(C)Oc1ccc(Cl)cc1)N1CCCC2(CNC(=O)C2)C1. The van der Waals surface area contributed by atoms with E-state index < -0.39 is 0 Å². The molecule has 0 bridgehead atoms. The van der Waals surface area contributed by atoms with Crippen LogP contribution < -0.4 is 15.4 Å². The second-order valence-corrected chi connectivity index (χ2v) is 7.99. The van der Waals surface area contributed by atoms with Gasteiger partial charge in [-0.25, -0.2) is 4.99 Å². The highest BCUT2D eigenvalue weighted by Gasteiger charge is 2.42. The fraction of sp³-hybridized carbons (Fsp3) is 0.600. The Bertz CT molecular complexity index is 679. The molecule has 1 spiro atoms. The van der Waals surface area contributed by atoms with Crippen LogP contribution in [0.2, 0.25) is 5.02 Å². The van der Waals surface area contributed by atoms with Crippen LogP contribution in [0.15, 0.2) is 29.3 Å². The summed E-state index contributed by atoms with van der Waals surface area (Å²) in [5, 5.41) is 7.09. The zero-order valence-electron chi connectivity index (χ0n) is 16.1. The van der Waals surface area contributed by atoms with Gasteiger partial charge < -0.3 is 20.3 Å². The van der Waals surface area contributed by atoms with E-state index in [1.54, 1.807) is 0 Å². The molecule has 2 fully saturated rings. The van der Waals surface area contributed by atoms with Crippen molar-refractivity contribution in [1.82, 2.24) is 15.5 Å². The molecule has 2 heterocycles. The van der Waals surface area contributed by atoms with Crippen LogP contribution in [0.25, 0.3) is 0 Å². The van der Waals surface area contributed by atoms with Gasteiger partial charge in [0.15, 0.2) is 5.96 Å². The first-order chi connectivity index (χ1) is 13.0. The number of ether oxygens (including phenoxy) is 1.